The van der Waals surface area contributed by atoms with Crippen molar-refractivity contribution < 1.29 is 4.79 Å². The number of rotatable bonds is 6. The molecule has 0 unspecified atom stereocenters. The van der Waals surface area contributed by atoms with E-state index in [0.717, 1.165) is 31.8 Å². The molecule has 1 amide bonds. The molecule has 0 N–H and O–H groups in total. The molecule has 2 aromatic heterocycles. The molecule has 0 radical (unpaired) electrons. The largest absolute Gasteiger partial charge is 0.336 e. The van der Waals surface area contributed by atoms with Gasteiger partial charge in [-0.1, -0.05) is 53.7 Å². The second-order valence-corrected chi connectivity index (χ2v) is 9.23. The zero-order valence-electron chi connectivity index (χ0n) is 17.4. The van der Waals surface area contributed by atoms with Crippen molar-refractivity contribution in [3.8, 4) is 11.4 Å². The number of aryl methyl sites for hydroxylation is 1. The average Bonchev–Trinajstić information content (AvgIpc) is 3.35. The minimum absolute atomic E-state index is 0.0339. The van der Waals surface area contributed by atoms with Gasteiger partial charge in [0, 0.05) is 19.7 Å². The van der Waals surface area contributed by atoms with Crippen molar-refractivity contribution >= 4 is 39.2 Å². The van der Waals surface area contributed by atoms with Crippen molar-refractivity contribution in [3.05, 3.63) is 59.1 Å². The molecule has 6 nitrogen and oxygen atoms in total. The molecular weight excluding hydrogens is 414 g/mol. The number of benzene rings is 2. The number of amides is 1. The lowest BCUT2D eigenvalue weighted by molar-refractivity contribution is -0.128. The summed E-state index contributed by atoms with van der Waals surface area (Å²) in [6.45, 7) is 4.07. The van der Waals surface area contributed by atoms with E-state index in [1.807, 2.05) is 55.9 Å². The molecule has 1 atom stereocenters. The van der Waals surface area contributed by atoms with Crippen LogP contribution in [0, 0.1) is 6.92 Å². The molecule has 30 heavy (non-hydrogen) atoms. The van der Waals surface area contributed by atoms with Crippen LogP contribution in [-0.4, -0.2) is 43.4 Å². The summed E-state index contributed by atoms with van der Waals surface area (Å²) in [5.74, 6) is 1.12. The minimum atomic E-state index is -0.0851. The summed E-state index contributed by atoms with van der Waals surface area (Å²) in [6, 6.07) is 16.1. The Morgan fingerprint density at radius 1 is 1.17 bits per heavy atom. The van der Waals surface area contributed by atoms with Crippen LogP contribution >= 0.6 is 23.1 Å². The molecule has 0 aliphatic rings. The lowest BCUT2D eigenvalue weighted by Crippen LogP contribution is -2.31. The molecule has 2 heterocycles. The van der Waals surface area contributed by atoms with Crippen LogP contribution in [0.3, 0.4) is 0 Å². The summed E-state index contributed by atoms with van der Waals surface area (Å²) in [5.41, 5.74) is 3.18. The predicted molar refractivity (Wildman–Crippen MR) is 123 cm³/mol. The number of nitrogens with zero attached hydrogens (tertiary/aromatic N) is 5. The Hall–Kier alpha value is -2.71. The number of para-hydroxylation sites is 1. The Balaban J connectivity index is 1.42. The van der Waals surface area contributed by atoms with Gasteiger partial charge in [0.2, 0.25) is 5.91 Å². The van der Waals surface area contributed by atoms with Gasteiger partial charge in [0.25, 0.3) is 0 Å². The van der Waals surface area contributed by atoms with Gasteiger partial charge in [0.05, 0.1) is 22.0 Å². The highest BCUT2D eigenvalue weighted by atomic mass is 32.2. The Kier molecular flexibility index (Phi) is 5.87. The molecule has 0 bridgehead atoms. The summed E-state index contributed by atoms with van der Waals surface area (Å²) < 4.78 is 3.07. The maximum atomic E-state index is 12.8. The number of thiazole rings is 1. The first kappa shape index (κ1) is 20.6. The maximum absolute atomic E-state index is 12.8. The second-order valence-electron chi connectivity index (χ2n) is 7.22. The smallest absolute Gasteiger partial charge is 0.233 e. The van der Waals surface area contributed by atoms with Crippen LogP contribution in [0.25, 0.3) is 21.6 Å². The van der Waals surface area contributed by atoms with Gasteiger partial charge in [-0.2, -0.15) is 0 Å². The third-order valence-corrected chi connectivity index (χ3v) is 7.32. The topological polar surface area (TPSA) is 63.9 Å². The minimum Gasteiger partial charge on any atom is -0.336 e. The van der Waals surface area contributed by atoms with Gasteiger partial charge >= 0.3 is 0 Å². The van der Waals surface area contributed by atoms with E-state index >= 15 is 0 Å². The number of hydrogen-bond acceptors (Lipinski definition) is 6. The van der Waals surface area contributed by atoms with Crippen LogP contribution in [0.2, 0.25) is 0 Å². The Morgan fingerprint density at radius 3 is 2.63 bits per heavy atom. The summed E-state index contributed by atoms with van der Waals surface area (Å²) in [7, 11) is 3.75. The predicted octanol–water partition coefficient (Wildman–Crippen LogP) is 4.71. The first-order valence-corrected chi connectivity index (χ1v) is 11.4. The number of aromatic nitrogens is 4. The van der Waals surface area contributed by atoms with Crippen LogP contribution < -0.4 is 0 Å². The molecule has 0 aliphatic carbocycles. The monoisotopic (exact) mass is 437 g/mol. The normalized spacial score (nSPS) is 12.3. The van der Waals surface area contributed by atoms with E-state index in [2.05, 4.69) is 40.3 Å². The third-order valence-electron chi connectivity index (χ3n) is 5.11. The Morgan fingerprint density at radius 2 is 1.90 bits per heavy atom. The highest BCUT2D eigenvalue weighted by Gasteiger charge is 2.22. The van der Waals surface area contributed by atoms with E-state index in [4.69, 9.17) is 0 Å². The van der Waals surface area contributed by atoms with Gasteiger partial charge in [0.15, 0.2) is 11.0 Å². The molecule has 154 valence electrons. The molecule has 0 spiro atoms. The zero-order chi connectivity index (χ0) is 21.3. The number of carbonyl (C=O) groups excluding carboxylic acids is 1. The van der Waals surface area contributed by atoms with E-state index in [1.165, 1.54) is 17.3 Å². The van der Waals surface area contributed by atoms with Gasteiger partial charge in [-0.05, 0) is 26.0 Å². The van der Waals surface area contributed by atoms with E-state index < -0.39 is 0 Å². The van der Waals surface area contributed by atoms with Crippen LogP contribution in [0.15, 0.2) is 53.7 Å². The van der Waals surface area contributed by atoms with E-state index in [9.17, 15) is 4.79 Å². The summed E-state index contributed by atoms with van der Waals surface area (Å²) >= 11 is 3.03. The van der Waals surface area contributed by atoms with E-state index in [0.29, 0.717) is 5.75 Å². The third kappa shape index (κ3) is 4.11. The first-order valence-electron chi connectivity index (χ1n) is 9.64. The van der Waals surface area contributed by atoms with Crippen molar-refractivity contribution in [2.24, 2.45) is 7.05 Å². The van der Waals surface area contributed by atoms with E-state index in [1.54, 1.807) is 16.2 Å². The number of fused-ring (bicyclic) bond motifs is 1. The number of carbonyl (C=O) groups is 1. The number of hydrogen-bond donors (Lipinski definition) is 0. The molecule has 0 saturated heterocycles. The molecule has 8 heteroatoms. The van der Waals surface area contributed by atoms with Gasteiger partial charge in [0.1, 0.15) is 5.01 Å². The molecule has 4 rings (SSSR count). The van der Waals surface area contributed by atoms with Crippen LogP contribution in [-0.2, 0) is 11.8 Å². The Labute approximate surface area is 184 Å². The molecule has 0 aliphatic heterocycles. The summed E-state index contributed by atoms with van der Waals surface area (Å²) in [4.78, 5) is 19.2. The van der Waals surface area contributed by atoms with Crippen molar-refractivity contribution in [1.82, 2.24) is 24.6 Å². The zero-order valence-corrected chi connectivity index (χ0v) is 19.0. The molecule has 2 aromatic carbocycles. The maximum Gasteiger partial charge on any atom is 0.233 e. The van der Waals surface area contributed by atoms with Gasteiger partial charge in [-0.15, -0.1) is 21.5 Å². The lowest BCUT2D eigenvalue weighted by atomic mass is 10.1. The van der Waals surface area contributed by atoms with Gasteiger partial charge in [-0.3, -0.25) is 4.79 Å². The van der Waals surface area contributed by atoms with Crippen LogP contribution in [0.1, 0.15) is 23.5 Å². The van der Waals surface area contributed by atoms with Crippen molar-refractivity contribution in [3.63, 3.8) is 0 Å². The van der Waals surface area contributed by atoms with Crippen LogP contribution in [0.4, 0.5) is 0 Å². The quantitative estimate of drug-likeness (QED) is 0.409. The second kappa shape index (κ2) is 8.57. The lowest BCUT2D eigenvalue weighted by Gasteiger charge is -2.23. The first-order chi connectivity index (χ1) is 14.4. The SMILES string of the molecule is Cc1ccc(-c2nnc(SCC(=O)N(C)[C@@H](C)c3nc4ccccc4s3)n2C)cc1. The van der Waals surface area contributed by atoms with Crippen LogP contribution in [0.5, 0.6) is 0 Å². The Bertz CT molecular complexity index is 1150. The highest BCUT2D eigenvalue weighted by Crippen LogP contribution is 2.29. The fourth-order valence-corrected chi connectivity index (χ4v) is 4.97. The average molecular weight is 438 g/mol. The number of thioether (sulfide) groups is 1. The molecule has 0 fully saturated rings. The molecular formula is C22H23N5OS2. The van der Waals surface area contributed by atoms with E-state index in [-0.39, 0.29) is 11.9 Å². The fraction of sp³-hybridized carbons (Fsp3) is 0.273. The fourth-order valence-electron chi connectivity index (χ4n) is 3.07. The highest BCUT2D eigenvalue weighted by molar-refractivity contribution is 7.99. The van der Waals surface area contributed by atoms with Crippen molar-refractivity contribution in [2.45, 2.75) is 25.0 Å². The van der Waals surface area contributed by atoms with Crippen molar-refractivity contribution in [2.75, 3.05) is 12.8 Å². The van der Waals surface area contributed by atoms with Crippen molar-refractivity contribution in [1.29, 1.82) is 0 Å². The summed E-state index contributed by atoms with van der Waals surface area (Å²) in [6.07, 6.45) is 0. The van der Waals surface area contributed by atoms with Gasteiger partial charge < -0.3 is 9.47 Å². The van der Waals surface area contributed by atoms with Gasteiger partial charge in [-0.25, -0.2) is 4.98 Å². The molecule has 4 aromatic rings. The molecule has 0 saturated carbocycles. The standard InChI is InChI=1S/C22H23N5OS2/c1-14-9-11-16(12-10-14)20-24-25-22(27(20)4)29-13-19(28)26(3)15(2)21-23-17-7-5-6-8-18(17)30-21/h5-12,15H,13H2,1-4H3/t15-/m0/s1. The summed E-state index contributed by atoms with van der Waals surface area (Å²) in [5, 5.41) is 10.2.